The first-order chi connectivity index (χ1) is 13.2. The first-order valence-corrected chi connectivity index (χ1v) is 11.2. The van der Waals surface area contributed by atoms with Gasteiger partial charge in [-0.25, -0.2) is 0 Å². The second kappa shape index (κ2) is 9.84. The molecule has 0 radical (unpaired) electrons. The summed E-state index contributed by atoms with van der Waals surface area (Å²) in [4.78, 5) is 0. The van der Waals surface area contributed by atoms with Gasteiger partial charge in [0.05, 0.1) is 0 Å². The minimum Gasteiger partial charge on any atom is -0.391 e. The molecular formula is C23H31O4P. The van der Waals surface area contributed by atoms with E-state index in [4.69, 9.17) is 13.6 Å². The van der Waals surface area contributed by atoms with E-state index in [2.05, 4.69) is 27.7 Å². The zero-order valence-electron chi connectivity index (χ0n) is 17.5. The molecule has 2 aromatic carbocycles. The highest BCUT2D eigenvalue weighted by Crippen LogP contribution is 2.53. The lowest BCUT2D eigenvalue weighted by atomic mass is 9.86. The predicted octanol–water partition coefficient (Wildman–Crippen LogP) is 7.78. The number of hydrogen-bond donors (Lipinski definition) is 0. The van der Waals surface area contributed by atoms with Gasteiger partial charge < -0.3 is 13.6 Å². The van der Waals surface area contributed by atoms with Gasteiger partial charge in [-0.1, -0.05) is 70.5 Å². The average molecular weight is 402 g/mol. The van der Waals surface area contributed by atoms with Gasteiger partial charge in [0.15, 0.2) is 0 Å². The number of benzene rings is 2. The highest BCUT2D eigenvalue weighted by atomic mass is 31.2. The fourth-order valence-corrected chi connectivity index (χ4v) is 3.84. The van der Waals surface area contributed by atoms with Crippen LogP contribution in [0.3, 0.4) is 0 Å². The Hall–Kier alpha value is -2.19. The average Bonchev–Trinajstić information content (AvgIpc) is 2.65. The summed E-state index contributed by atoms with van der Waals surface area (Å²) in [6.07, 6.45) is 2.62. The van der Waals surface area contributed by atoms with Crippen molar-refractivity contribution in [2.45, 2.75) is 53.9 Å². The molecule has 0 bridgehead atoms. The largest absolute Gasteiger partial charge is 0.646 e. The fraction of sp³-hybridized carbons (Fsp3) is 0.391. The number of rotatable bonds is 9. The van der Waals surface area contributed by atoms with Gasteiger partial charge in [-0.15, -0.1) is 0 Å². The standard InChI is InChI=1S/C23H31O4P/c1-6-7-18-22(19(2)23(3,4)5)27-28(24,25-20-14-10-8-11-15-20)26-21-16-12-9-13-17-21/h8-17H,6-7,18H2,1-5H3/b22-19-. The van der Waals surface area contributed by atoms with Gasteiger partial charge in [0.25, 0.3) is 0 Å². The van der Waals surface area contributed by atoms with E-state index >= 15 is 0 Å². The lowest BCUT2D eigenvalue weighted by Crippen LogP contribution is -2.13. The minimum absolute atomic E-state index is 0.118. The molecule has 0 aliphatic heterocycles. The van der Waals surface area contributed by atoms with Crippen LogP contribution in [-0.2, 0) is 9.09 Å². The van der Waals surface area contributed by atoms with E-state index in [-0.39, 0.29) is 5.41 Å². The van der Waals surface area contributed by atoms with E-state index in [1.165, 1.54) is 0 Å². The Morgan fingerprint density at radius 2 is 1.36 bits per heavy atom. The van der Waals surface area contributed by atoms with Crippen molar-refractivity contribution < 1.29 is 18.1 Å². The summed E-state index contributed by atoms with van der Waals surface area (Å²) in [6.45, 7) is 10.5. The van der Waals surface area contributed by atoms with Crippen molar-refractivity contribution in [1.29, 1.82) is 0 Å². The maximum absolute atomic E-state index is 13.7. The lowest BCUT2D eigenvalue weighted by Gasteiger charge is -2.26. The SMILES string of the molecule is CCCC/C(OP(=O)(Oc1ccccc1)Oc1ccccc1)=C(\C)C(C)(C)C. The van der Waals surface area contributed by atoms with E-state index in [1.807, 2.05) is 43.3 Å². The number of phosphoric ester groups is 1. The van der Waals surface area contributed by atoms with Crippen molar-refractivity contribution in [1.82, 2.24) is 0 Å². The van der Waals surface area contributed by atoms with Crippen molar-refractivity contribution >= 4 is 7.82 Å². The minimum atomic E-state index is -3.94. The van der Waals surface area contributed by atoms with Gasteiger partial charge in [-0.2, -0.15) is 4.57 Å². The molecule has 0 aromatic heterocycles. The molecule has 0 N–H and O–H groups in total. The van der Waals surface area contributed by atoms with Crippen molar-refractivity contribution in [2.24, 2.45) is 5.41 Å². The molecule has 0 amide bonds. The number of unbranched alkanes of at least 4 members (excludes halogenated alkanes) is 1. The Morgan fingerprint density at radius 1 is 0.893 bits per heavy atom. The van der Waals surface area contributed by atoms with Crippen LogP contribution >= 0.6 is 7.82 Å². The molecule has 2 rings (SSSR count). The number of allylic oxidation sites excluding steroid dienone is 2. The van der Waals surface area contributed by atoms with E-state index in [9.17, 15) is 4.57 Å². The van der Waals surface area contributed by atoms with Crippen LogP contribution in [0.1, 0.15) is 53.9 Å². The zero-order chi connectivity index (χ0) is 20.6. The van der Waals surface area contributed by atoms with Crippen molar-refractivity contribution in [2.75, 3.05) is 0 Å². The molecule has 0 atom stereocenters. The summed E-state index contributed by atoms with van der Waals surface area (Å²) in [5.74, 6) is 1.54. The second-order valence-electron chi connectivity index (χ2n) is 7.75. The van der Waals surface area contributed by atoms with Crippen LogP contribution in [0.2, 0.25) is 0 Å². The number of phosphoric acid groups is 1. The van der Waals surface area contributed by atoms with Crippen molar-refractivity contribution in [3.63, 3.8) is 0 Å². The van der Waals surface area contributed by atoms with E-state index in [1.54, 1.807) is 24.3 Å². The Bertz CT molecular complexity index is 762. The maximum Gasteiger partial charge on any atom is 0.646 e. The molecule has 152 valence electrons. The molecule has 0 aliphatic rings. The molecule has 0 unspecified atom stereocenters. The summed E-state index contributed by atoms with van der Waals surface area (Å²) in [5, 5.41) is 0. The van der Waals surface area contributed by atoms with Crippen LogP contribution in [0, 0.1) is 5.41 Å². The van der Waals surface area contributed by atoms with Gasteiger partial charge >= 0.3 is 7.82 Å². The maximum atomic E-state index is 13.7. The molecule has 0 heterocycles. The highest BCUT2D eigenvalue weighted by molar-refractivity contribution is 7.49. The van der Waals surface area contributed by atoms with E-state index in [0.29, 0.717) is 23.7 Å². The molecule has 28 heavy (non-hydrogen) atoms. The van der Waals surface area contributed by atoms with Crippen molar-refractivity contribution in [3.05, 3.63) is 72.0 Å². The third-order valence-electron chi connectivity index (χ3n) is 4.44. The Balaban J connectivity index is 2.39. The Morgan fingerprint density at radius 3 is 1.75 bits per heavy atom. The quantitative estimate of drug-likeness (QED) is 0.317. The van der Waals surface area contributed by atoms with Gasteiger partial charge in [0, 0.05) is 6.42 Å². The van der Waals surface area contributed by atoms with Gasteiger partial charge in [-0.05, 0) is 48.6 Å². The molecule has 0 saturated carbocycles. The smallest absolute Gasteiger partial charge is 0.391 e. The summed E-state index contributed by atoms with van der Waals surface area (Å²) in [6, 6.07) is 17.9. The van der Waals surface area contributed by atoms with Crippen LogP contribution < -0.4 is 9.05 Å². The third-order valence-corrected chi connectivity index (χ3v) is 5.76. The molecule has 4 nitrogen and oxygen atoms in total. The molecule has 0 aliphatic carbocycles. The fourth-order valence-electron chi connectivity index (χ4n) is 2.47. The Kier molecular flexibility index (Phi) is 7.77. The topological polar surface area (TPSA) is 44.8 Å². The molecule has 0 saturated heterocycles. The summed E-state index contributed by atoms with van der Waals surface area (Å²) < 4.78 is 31.2. The molecule has 0 fully saturated rings. The van der Waals surface area contributed by atoms with Crippen LogP contribution in [0.25, 0.3) is 0 Å². The number of hydrogen-bond acceptors (Lipinski definition) is 4. The van der Waals surface area contributed by atoms with Crippen molar-refractivity contribution in [3.8, 4) is 11.5 Å². The predicted molar refractivity (Wildman–Crippen MR) is 115 cm³/mol. The normalized spacial score (nSPS) is 12.9. The van der Waals surface area contributed by atoms with Crippen LogP contribution in [0.5, 0.6) is 11.5 Å². The monoisotopic (exact) mass is 402 g/mol. The van der Waals surface area contributed by atoms with Crippen LogP contribution in [0.4, 0.5) is 0 Å². The van der Waals surface area contributed by atoms with E-state index < -0.39 is 7.82 Å². The summed E-state index contributed by atoms with van der Waals surface area (Å²) in [5.41, 5.74) is 0.919. The third kappa shape index (κ3) is 6.76. The Labute approximate surface area is 169 Å². The van der Waals surface area contributed by atoms with E-state index in [0.717, 1.165) is 18.4 Å². The molecule has 5 heteroatoms. The summed E-state index contributed by atoms with van der Waals surface area (Å²) in [7, 11) is -3.94. The molecule has 0 spiro atoms. The van der Waals surface area contributed by atoms with Gasteiger partial charge in [-0.3, -0.25) is 0 Å². The van der Waals surface area contributed by atoms with Crippen LogP contribution in [0.15, 0.2) is 72.0 Å². The number of para-hydroxylation sites is 2. The van der Waals surface area contributed by atoms with Gasteiger partial charge in [0.1, 0.15) is 17.3 Å². The molecule has 2 aromatic rings. The molecular weight excluding hydrogens is 371 g/mol. The summed E-state index contributed by atoms with van der Waals surface area (Å²) >= 11 is 0. The van der Waals surface area contributed by atoms with Gasteiger partial charge in [0.2, 0.25) is 0 Å². The highest BCUT2D eigenvalue weighted by Gasteiger charge is 2.35. The first kappa shape index (κ1) is 22.1. The second-order valence-corrected chi connectivity index (χ2v) is 9.19. The zero-order valence-corrected chi connectivity index (χ0v) is 18.4. The lowest BCUT2D eigenvalue weighted by molar-refractivity contribution is 0.242. The first-order valence-electron chi connectivity index (χ1n) is 9.72. The van der Waals surface area contributed by atoms with Crippen LogP contribution in [-0.4, -0.2) is 0 Å².